The van der Waals surface area contributed by atoms with Gasteiger partial charge in [-0.05, 0) is 41.5 Å². The average Bonchev–Trinajstić information content (AvgIpc) is 2.92. The van der Waals surface area contributed by atoms with Gasteiger partial charge in [-0.1, -0.05) is 6.07 Å². The number of hydrogen-bond donors (Lipinski definition) is 1. The molecular formula is C13H14Cl2N2S2. The minimum Gasteiger partial charge on any atom is -0.383 e. The lowest BCUT2D eigenvalue weighted by molar-refractivity contribution is 1.25. The maximum atomic E-state index is 5.96. The number of alkyl halides is 1. The van der Waals surface area contributed by atoms with Crippen molar-refractivity contribution < 1.29 is 0 Å². The summed E-state index contributed by atoms with van der Waals surface area (Å²) >= 11 is 9.19. The van der Waals surface area contributed by atoms with Crippen LogP contribution in [0.4, 0.5) is 5.69 Å². The van der Waals surface area contributed by atoms with Crippen LogP contribution in [0.1, 0.15) is 10.4 Å². The minimum atomic E-state index is 0. The van der Waals surface area contributed by atoms with Crippen LogP contribution in [0, 0.1) is 0 Å². The van der Waals surface area contributed by atoms with Gasteiger partial charge in [0.25, 0.3) is 0 Å². The molecule has 0 aliphatic rings. The Balaban J connectivity index is 0.00000180. The molecular weight excluding hydrogens is 319 g/mol. The Morgan fingerprint density at radius 3 is 2.79 bits per heavy atom. The standard InChI is InChI=1S/C13H13ClN2S2.ClH/c1-17-11-5-4-10(7-9(11)8-14)16-13(15)12-3-2-6-18-12;/h2-7H,8H2,1H3,(H2,15,16);1H. The zero-order valence-corrected chi connectivity index (χ0v) is 13.5. The predicted molar refractivity (Wildman–Crippen MR) is 89.7 cm³/mol. The maximum Gasteiger partial charge on any atom is 0.141 e. The summed E-state index contributed by atoms with van der Waals surface area (Å²) in [6.45, 7) is 0. The molecule has 19 heavy (non-hydrogen) atoms. The summed E-state index contributed by atoms with van der Waals surface area (Å²) in [7, 11) is 0. The van der Waals surface area contributed by atoms with Crippen molar-refractivity contribution in [1.29, 1.82) is 0 Å². The topological polar surface area (TPSA) is 38.4 Å². The monoisotopic (exact) mass is 332 g/mol. The number of amidine groups is 1. The Labute approximate surface area is 132 Å². The number of benzene rings is 1. The fraction of sp³-hybridized carbons (Fsp3) is 0.154. The van der Waals surface area contributed by atoms with E-state index in [4.69, 9.17) is 17.3 Å². The van der Waals surface area contributed by atoms with Crippen LogP contribution in [0.15, 0.2) is 45.6 Å². The average molecular weight is 333 g/mol. The van der Waals surface area contributed by atoms with E-state index < -0.39 is 0 Å². The third-order valence-electron chi connectivity index (χ3n) is 2.43. The molecule has 2 rings (SSSR count). The van der Waals surface area contributed by atoms with E-state index in [2.05, 4.69) is 4.99 Å². The van der Waals surface area contributed by atoms with Crippen molar-refractivity contribution >= 4 is 58.6 Å². The lowest BCUT2D eigenvalue weighted by Crippen LogP contribution is -2.10. The number of halogens is 2. The third kappa shape index (κ3) is 4.14. The van der Waals surface area contributed by atoms with Crippen molar-refractivity contribution in [3.05, 3.63) is 46.2 Å². The van der Waals surface area contributed by atoms with E-state index in [0.29, 0.717) is 11.7 Å². The molecule has 0 unspecified atom stereocenters. The fourth-order valence-corrected chi connectivity index (χ4v) is 3.08. The molecule has 1 aromatic heterocycles. The summed E-state index contributed by atoms with van der Waals surface area (Å²) in [4.78, 5) is 6.58. The normalized spacial score (nSPS) is 11.2. The number of aliphatic imine (C=N–C) groups is 1. The van der Waals surface area contributed by atoms with Crippen LogP contribution in [0.25, 0.3) is 0 Å². The van der Waals surface area contributed by atoms with Crippen LogP contribution in [0.3, 0.4) is 0 Å². The van der Waals surface area contributed by atoms with Gasteiger partial charge >= 0.3 is 0 Å². The van der Waals surface area contributed by atoms with Gasteiger partial charge in [0, 0.05) is 10.8 Å². The van der Waals surface area contributed by atoms with Crippen molar-refractivity contribution in [2.75, 3.05) is 6.26 Å². The van der Waals surface area contributed by atoms with Crippen molar-refractivity contribution in [1.82, 2.24) is 0 Å². The lowest BCUT2D eigenvalue weighted by Gasteiger charge is -2.05. The predicted octanol–water partition coefficient (Wildman–Crippen LogP) is 4.67. The zero-order valence-electron chi connectivity index (χ0n) is 10.3. The van der Waals surface area contributed by atoms with E-state index >= 15 is 0 Å². The highest BCUT2D eigenvalue weighted by Crippen LogP contribution is 2.27. The van der Waals surface area contributed by atoms with Gasteiger partial charge < -0.3 is 5.73 Å². The van der Waals surface area contributed by atoms with Gasteiger partial charge in [-0.3, -0.25) is 0 Å². The molecule has 1 heterocycles. The largest absolute Gasteiger partial charge is 0.383 e. The highest BCUT2D eigenvalue weighted by molar-refractivity contribution is 7.98. The van der Waals surface area contributed by atoms with Gasteiger partial charge in [0.15, 0.2) is 0 Å². The van der Waals surface area contributed by atoms with E-state index in [-0.39, 0.29) is 12.4 Å². The molecule has 0 spiro atoms. The summed E-state index contributed by atoms with van der Waals surface area (Å²) < 4.78 is 0. The van der Waals surface area contributed by atoms with Gasteiger partial charge in [-0.25, -0.2) is 4.99 Å². The molecule has 0 atom stereocenters. The molecule has 0 aliphatic heterocycles. The molecule has 2 nitrogen and oxygen atoms in total. The van der Waals surface area contributed by atoms with Crippen LogP contribution in [-0.4, -0.2) is 12.1 Å². The lowest BCUT2D eigenvalue weighted by atomic mass is 10.2. The van der Waals surface area contributed by atoms with Crippen molar-refractivity contribution in [2.45, 2.75) is 10.8 Å². The van der Waals surface area contributed by atoms with Gasteiger partial charge in [0.2, 0.25) is 0 Å². The molecule has 1 aromatic carbocycles. The van der Waals surface area contributed by atoms with Gasteiger partial charge in [-0.2, -0.15) is 0 Å². The molecule has 0 bridgehead atoms. The highest BCUT2D eigenvalue weighted by Gasteiger charge is 2.03. The molecule has 0 aliphatic carbocycles. The quantitative estimate of drug-likeness (QED) is 0.382. The number of hydrogen-bond acceptors (Lipinski definition) is 3. The molecule has 6 heteroatoms. The minimum absolute atomic E-state index is 0. The highest BCUT2D eigenvalue weighted by atomic mass is 35.5. The Bertz CT molecular complexity index is 554. The second-order valence-electron chi connectivity index (χ2n) is 3.60. The molecule has 0 amide bonds. The van der Waals surface area contributed by atoms with Gasteiger partial charge in [-0.15, -0.1) is 47.1 Å². The van der Waals surface area contributed by atoms with Crippen LogP contribution < -0.4 is 5.73 Å². The molecule has 2 N–H and O–H groups in total. The first-order chi connectivity index (χ1) is 8.74. The van der Waals surface area contributed by atoms with Crippen molar-refractivity contribution in [2.24, 2.45) is 10.7 Å². The Morgan fingerprint density at radius 1 is 1.42 bits per heavy atom. The van der Waals surface area contributed by atoms with Crippen LogP contribution >= 0.6 is 47.1 Å². The summed E-state index contributed by atoms with van der Waals surface area (Å²) in [5.41, 5.74) is 7.89. The second kappa shape index (κ2) is 7.80. The second-order valence-corrected chi connectivity index (χ2v) is 5.67. The Hall–Kier alpha value is -0.680. The molecule has 2 aromatic rings. The number of rotatable bonds is 4. The van der Waals surface area contributed by atoms with E-state index in [0.717, 1.165) is 16.1 Å². The first-order valence-corrected chi connectivity index (χ1v) is 7.99. The molecule has 0 radical (unpaired) electrons. The smallest absolute Gasteiger partial charge is 0.141 e. The first kappa shape index (κ1) is 16.4. The summed E-state index contributed by atoms with van der Waals surface area (Å²) in [6.07, 6.45) is 2.04. The summed E-state index contributed by atoms with van der Waals surface area (Å²) in [5, 5.41) is 1.98. The van der Waals surface area contributed by atoms with Crippen LogP contribution in [0.5, 0.6) is 0 Å². The van der Waals surface area contributed by atoms with E-state index in [1.807, 2.05) is 42.0 Å². The maximum absolute atomic E-state index is 5.96. The number of nitrogens with zero attached hydrogens (tertiary/aromatic N) is 1. The summed E-state index contributed by atoms with van der Waals surface area (Å²) in [6, 6.07) is 9.90. The first-order valence-electron chi connectivity index (χ1n) is 5.35. The van der Waals surface area contributed by atoms with E-state index in [9.17, 15) is 0 Å². The third-order valence-corrected chi connectivity index (χ3v) is 4.45. The van der Waals surface area contributed by atoms with Crippen molar-refractivity contribution in [3.8, 4) is 0 Å². The number of nitrogens with two attached hydrogens (primary N) is 1. The van der Waals surface area contributed by atoms with E-state index in [1.165, 1.54) is 4.90 Å². The van der Waals surface area contributed by atoms with E-state index in [1.54, 1.807) is 23.1 Å². The van der Waals surface area contributed by atoms with Crippen LogP contribution in [0.2, 0.25) is 0 Å². The SMILES string of the molecule is CSc1ccc(N=C(N)c2cccs2)cc1CCl.Cl. The van der Waals surface area contributed by atoms with Gasteiger partial charge in [0.1, 0.15) is 5.84 Å². The zero-order chi connectivity index (χ0) is 13.0. The molecule has 0 saturated carbocycles. The Kier molecular flexibility index (Phi) is 6.72. The molecule has 0 fully saturated rings. The number of thiophene rings is 1. The van der Waals surface area contributed by atoms with Gasteiger partial charge in [0.05, 0.1) is 10.6 Å². The van der Waals surface area contributed by atoms with Crippen molar-refractivity contribution in [3.63, 3.8) is 0 Å². The van der Waals surface area contributed by atoms with Crippen LogP contribution in [-0.2, 0) is 5.88 Å². The molecule has 0 saturated heterocycles. The Morgan fingerprint density at radius 2 is 2.21 bits per heavy atom. The molecule has 102 valence electrons. The summed E-state index contributed by atoms with van der Waals surface area (Å²) in [5.74, 6) is 1.03. The fourth-order valence-electron chi connectivity index (χ4n) is 1.56. The number of thioether (sulfide) groups is 1.